The van der Waals surface area contributed by atoms with Crippen LogP contribution in [0.25, 0.3) is 0 Å². The minimum atomic E-state index is 0.355. The van der Waals surface area contributed by atoms with Gasteiger partial charge in [-0.2, -0.15) is 0 Å². The molecule has 0 aromatic carbocycles. The van der Waals surface area contributed by atoms with E-state index in [1.165, 1.54) is 6.07 Å². The van der Waals surface area contributed by atoms with Crippen molar-refractivity contribution < 1.29 is 0 Å². The van der Waals surface area contributed by atoms with Crippen LogP contribution < -0.4 is 5.73 Å². The maximum atomic E-state index is 5.61. The molecule has 1 aromatic rings. The highest BCUT2D eigenvalue weighted by Gasteiger charge is 1.99. The van der Waals surface area contributed by atoms with E-state index in [-0.39, 0.29) is 0 Å². The average molecular weight is 192 g/mol. The van der Waals surface area contributed by atoms with Crippen molar-refractivity contribution in [1.29, 1.82) is 0 Å². The Balaban J connectivity index is 2.89. The third kappa shape index (κ3) is 2.61. The first-order chi connectivity index (χ1) is 5.22. The Morgan fingerprint density at radius 1 is 1.27 bits per heavy atom. The molecule has 11 heavy (non-hydrogen) atoms. The number of nitrogens with two attached hydrogens (primary N) is 1. The van der Waals surface area contributed by atoms with Crippen LogP contribution in [-0.4, -0.2) is 16.5 Å². The predicted molar refractivity (Wildman–Crippen MR) is 44.8 cm³/mol. The zero-order chi connectivity index (χ0) is 8.27. The summed E-state index contributed by atoms with van der Waals surface area (Å²) in [7, 11) is 0. The second kappa shape index (κ2) is 3.85. The fourth-order valence-corrected chi connectivity index (χ4v) is 1.13. The Kier molecular flexibility index (Phi) is 3.05. The molecule has 0 atom stereocenters. The van der Waals surface area contributed by atoms with Gasteiger partial charge in [-0.3, -0.25) is 0 Å². The van der Waals surface area contributed by atoms with Crippen LogP contribution in [0.3, 0.4) is 0 Å². The summed E-state index contributed by atoms with van der Waals surface area (Å²) < 4.78 is 0. The Hall–Kier alpha value is -0.380. The highest BCUT2D eigenvalue weighted by molar-refractivity contribution is 6.33. The second-order valence-corrected chi connectivity index (χ2v) is 2.74. The van der Waals surface area contributed by atoms with Gasteiger partial charge in [-0.1, -0.05) is 23.2 Å². The minimum Gasteiger partial charge on any atom is -0.330 e. The van der Waals surface area contributed by atoms with Gasteiger partial charge in [0.15, 0.2) is 0 Å². The lowest BCUT2D eigenvalue weighted by Crippen LogP contribution is -2.06. The summed E-state index contributed by atoms with van der Waals surface area (Å²) in [5.74, 6) is 0.588. The number of nitrogens with zero attached hydrogens (tertiary/aromatic N) is 2. The zero-order valence-corrected chi connectivity index (χ0v) is 7.23. The Morgan fingerprint density at radius 2 is 1.82 bits per heavy atom. The molecular weight excluding hydrogens is 185 g/mol. The molecule has 3 nitrogen and oxygen atoms in total. The van der Waals surface area contributed by atoms with E-state index in [4.69, 9.17) is 28.9 Å². The third-order valence-corrected chi connectivity index (χ3v) is 1.47. The first-order valence-electron chi connectivity index (χ1n) is 3.11. The Morgan fingerprint density at radius 3 is 2.27 bits per heavy atom. The van der Waals surface area contributed by atoms with Crippen LogP contribution in [0, 0.1) is 0 Å². The normalized spacial score (nSPS) is 10.1. The van der Waals surface area contributed by atoms with Gasteiger partial charge in [-0.15, -0.1) is 0 Å². The lowest BCUT2D eigenvalue weighted by molar-refractivity contribution is 0.868. The molecule has 5 heteroatoms. The summed E-state index contributed by atoms with van der Waals surface area (Å²) in [4.78, 5) is 7.83. The van der Waals surface area contributed by atoms with Gasteiger partial charge in [0.05, 0.1) is 0 Å². The summed E-state index contributed by atoms with van der Waals surface area (Å²) in [6.45, 7) is 0.497. The third-order valence-electron chi connectivity index (χ3n) is 1.08. The standard InChI is InChI=1S/C6H7Cl2N3/c7-4-3-5(8)11-6(10-4)1-2-9/h3H,1-2,9H2. The molecular formula is C6H7Cl2N3. The number of rotatable bonds is 2. The summed E-state index contributed by atoms with van der Waals surface area (Å²) >= 11 is 11.2. The number of hydrogen-bond donors (Lipinski definition) is 1. The molecule has 1 rings (SSSR count). The van der Waals surface area contributed by atoms with E-state index < -0.39 is 0 Å². The molecule has 0 saturated heterocycles. The molecule has 0 spiro atoms. The molecule has 0 aliphatic rings. The van der Waals surface area contributed by atoms with Crippen LogP contribution in [0.5, 0.6) is 0 Å². The van der Waals surface area contributed by atoms with Gasteiger partial charge in [0.1, 0.15) is 16.1 Å². The molecule has 60 valence electrons. The molecule has 0 saturated carbocycles. The van der Waals surface area contributed by atoms with Gasteiger partial charge in [0, 0.05) is 12.5 Å². The summed E-state index contributed by atoms with van der Waals surface area (Å²) in [5.41, 5.74) is 5.29. The quantitative estimate of drug-likeness (QED) is 0.718. The van der Waals surface area contributed by atoms with Crippen LogP contribution in [0.1, 0.15) is 5.82 Å². The summed E-state index contributed by atoms with van der Waals surface area (Å²) in [5, 5.41) is 0.710. The lowest BCUT2D eigenvalue weighted by atomic mass is 10.4. The fraction of sp³-hybridized carbons (Fsp3) is 0.333. The average Bonchev–Trinajstić information content (AvgIpc) is 1.85. The molecule has 0 aliphatic carbocycles. The van der Waals surface area contributed by atoms with Crippen molar-refractivity contribution in [2.75, 3.05) is 6.54 Å². The summed E-state index contributed by atoms with van der Waals surface area (Å²) in [6.07, 6.45) is 0.598. The molecule has 0 unspecified atom stereocenters. The Bertz CT molecular complexity index is 231. The van der Waals surface area contributed by atoms with Gasteiger partial charge in [-0.05, 0) is 6.54 Å². The van der Waals surface area contributed by atoms with E-state index in [1.54, 1.807) is 0 Å². The number of hydrogen-bond acceptors (Lipinski definition) is 3. The van der Waals surface area contributed by atoms with Gasteiger partial charge >= 0.3 is 0 Å². The monoisotopic (exact) mass is 191 g/mol. The first-order valence-corrected chi connectivity index (χ1v) is 3.87. The van der Waals surface area contributed by atoms with Crippen LogP contribution >= 0.6 is 23.2 Å². The zero-order valence-electron chi connectivity index (χ0n) is 5.72. The molecule has 0 amide bonds. The molecule has 0 fully saturated rings. The van der Waals surface area contributed by atoms with Crippen LogP contribution in [0.4, 0.5) is 0 Å². The lowest BCUT2D eigenvalue weighted by Gasteiger charge is -1.97. The summed E-state index contributed by atoms with van der Waals surface area (Å²) in [6, 6.07) is 1.49. The van der Waals surface area contributed by atoms with E-state index in [0.717, 1.165) is 0 Å². The molecule has 0 bridgehead atoms. The molecule has 2 N–H and O–H groups in total. The van der Waals surface area contributed by atoms with E-state index in [0.29, 0.717) is 29.1 Å². The largest absolute Gasteiger partial charge is 0.330 e. The van der Waals surface area contributed by atoms with Crippen molar-refractivity contribution in [2.24, 2.45) is 5.73 Å². The van der Waals surface area contributed by atoms with Crippen LogP contribution in [0.15, 0.2) is 6.07 Å². The van der Waals surface area contributed by atoms with Crippen molar-refractivity contribution in [3.8, 4) is 0 Å². The highest BCUT2D eigenvalue weighted by atomic mass is 35.5. The SMILES string of the molecule is NCCc1nc(Cl)cc(Cl)n1. The minimum absolute atomic E-state index is 0.355. The predicted octanol–water partition coefficient (Wildman–Crippen LogP) is 1.28. The fourth-order valence-electron chi connectivity index (χ4n) is 0.675. The van der Waals surface area contributed by atoms with E-state index in [2.05, 4.69) is 9.97 Å². The maximum absolute atomic E-state index is 5.61. The van der Waals surface area contributed by atoms with Crippen molar-refractivity contribution in [1.82, 2.24) is 9.97 Å². The number of aromatic nitrogens is 2. The maximum Gasteiger partial charge on any atom is 0.134 e. The molecule has 1 aromatic heterocycles. The smallest absolute Gasteiger partial charge is 0.134 e. The van der Waals surface area contributed by atoms with Crippen LogP contribution in [-0.2, 0) is 6.42 Å². The number of halogens is 2. The Labute approximate surface area is 74.5 Å². The van der Waals surface area contributed by atoms with Gasteiger partial charge < -0.3 is 5.73 Å². The van der Waals surface area contributed by atoms with E-state index >= 15 is 0 Å². The van der Waals surface area contributed by atoms with Gasteiger partial charge in [0.25, 0.3) is 0 Å². The van der Waals surface area contributed by atoms with Crippen molar-refractivity contribution in [2.45, 2.75) is 6.42 Å². The van der Waals surface area contributed by atoms with E-state index in [9.17, 15) is 0 Å². The van der Waals surface area contributed by atoms with E-state index in [1.807, 2.05) is 0 Å². The van der Waals surface area contributed by atoms with Crippen molar-refractivity contribution in [3.05, 3.63) is 22.2 Å². The highest BCUT2D eigenvalue weighted by Crippen LogP contribution is 2.11. The second-order valence-electron chi connectivity index (χ2n) is 1.97. The van der Waals surface area contributed by atoms with Crippen LogP contribution in [0.2, 0.25) is 10.3 Å². The van der Waals surface area contributed by atoms with Gasteiger partial charge in [0.2, 0.25) is 0 Å². The van der Waals surface area contributed by atoms with Crippen molar-refractivity contribution in [3.63, 3.8) is 0 Å². The molecule has 1 heterocycles. The van der Waals surface area contributed by atoms with Gasteiger partial charge in [-0.25, -0.2) is 9.97 Å². The van der Waals surface area contributed by atoms with Crippen molar-refractivity contribution >= 4 is 23.2 Å². The molecule has 0 radical (unpaired) electrons. The first kappa shape index (κ1) is 8.71. The topological polar surface area (TPSA) is 51.8 Å². The molecule has 0 aliphatic heterocycles.